The van der Waals surface area contributed by atoms with E-state index in [1.807, 2.05) is 12.1 Å². The van der Waals surface area contributed by atoms with Crippen LogP contribution in [-0.2, 0) is 11.8 Å². The third-order valence-electron chi connectivity index (χ3n) is 13.0. The van der Waals surface area contributed by atoms with Gasteiger partial charge in [-0.05, 0) is 99.5 Å². The quantitative estimate of drug-likeness (QED) is 0.169. The van der Waals surface area contributed by atoms with Crippen LogP contribution in [0.1, 0.15) is 42.7 Å². The van der Waals surface area contributed by atoms with E-state index in [9.17, 15) is 0 Å². The average molecular weight is 772 g/mol. The normalized spacial score (nSPS) is 13.8. The zero-order valence-corrected chi connectivity index (χ0v) is 33.6. The minimum atomic E-state index is -0.125. The van der Waals surface area contributed by atoms with Gasteiger partial charge in [0.1, 0.15) is 22.5 Å². The molecule has 2 heterocycles. The van der Waals surface area contributed by atoms with Crippen LogP contribution in [0, 0.1) is 0 Å². The lowest BCUT2D eigenvalue weighted by Crippen LogP contribution is -2.16. The largest absolute Gasteiger partial charge is 0.460 e. The van der Waals surface area contributed by atoms with Crippen molar-refractivity contribution in [3.63, 3.8) is 0 Å². The van der Waals surface area contributed by atoms with E-state index in [0.717, 1.165) is 96.6 Å². The van der Waals surface area contributed by atoms with Gasteiger partial charge < -0.3 is 13.7 Å². The molecule has 0 spiro atoms. The summed E-state index contributed by atoms with van der Waals surface area (Å²) in [6.45, 7) is 4.70. The fourth-order valence-corrected chi connectivity index (χ4v) is 9.98. The molecule has 0 unspecified atom stereocenters. The summed E-state index contributed by atoms with van der Waals surface area (Å²) in [5, 5.41) is 3.44. The fraction of sp³-hybridized carbons (Fsp3) is 0.0877. The van der Waals surface area contributed by atoms with E-state index in [-0.39, 0.29) is 5.41 Å². The summed E-state index contributed by atoms with van der Waals surface area (Å²) in [7, 11) is 0. The van der Waals surface area contributed by atoms with Gasteiger partial charge in [-0.2, -0.15) is 0 Å². The van der Waals surface area contributed by atoms with Crippen LogP contribution < -0.4 is 4.90 Å². The maximum absolute atomic E-state index is 6.71. The maximum Gasteiger partial charge on any atom is 0.143 e. The molecule has 2 aliphatic rings. The van der Waals surface area contributed by atoms with E-state index in [1.165, 1.54) is 33.2 Å². The molecule has 12 rings (SSSR count). The number of furan rings is 2. The van der Waals surface area contributed by atoms with Crippen molar-refractivity contribution in [2.75, 3.05) is 4.90 Å². The smallest absolute Gasteiger partial charge is 0.143 e. The van der Waals surface area contributed by atoms with Crippen molar-refractivity contribution >= 4 is 56.0 Å². The predicted molar refractivity (Wildman–Crippen MR) is 249 cm³/mol. The molecule has 2 aliphatic carbocycles. The summed E-state index contributed by atoms with van der Waals surface area (Å²) in [6, 6.07) is 63.8. The number of allylic oxidation sites excluding steroid dienone is 1. The van der Waals surface area contributed by atoms with Crippen molar-refractivity contribution in [1.82, 2.24) is 0 Å². The van der Waals surface area contributed by atoms with Crippen LogP contribution in [-0.4, -0.2) is 0 Å². The number of para-hydroxylation sites is 2. The van der Waals surface area contributed by atoms with E-state index in [0.29, 0.717) is 0 Å². The Balaban J connectivity index is 0.990. The lowest BCUT2D eigenvalue weighted by Gasteiger charge is -2.28. The highest BCUT2D eigenvalue weighted by Gasteiger charge is 2.36. The summed E-state index contributed by atoms with van der Waals surface area (Å²) in [5.74, 6) is 1.08. The van der Waals surface area contributed by atoms with Gasteiger partial charge in [-0.3, -0.25) is 0 Å². The van der Waals surface area contributed by atoms with Crippen molar-refractivity contribution in [3.8, 4) is 44.5 Å². The molecule has 0 N–H and O–H groups in total. The van der Waals surface area contributed by atoms with Crippen LogP contribution in [0.4, 0.5) is 17.1 Å². The molecule has 0 atom stereocenters. The third-order valence-corrected chi connectivity index (χ3v) is 13.0. The van der Waals surface area contributed by atoms with Crippen LogP contribution >= 0.6 is 0 Å². The molecule has 0 radical (unpaired) electrons. The molecule has 3 nitrogen and oxygen atoms in total. The molecule has 60 heavy (non-hydrogen) atoms. The first-order valence-corrected chi connectivity index (χ1v) is 21.0. The maximum atomic E-state index is 6.71. The Morgan fingerprint density at radius 3 is 1.93 bits per heavy atom. The molecule has 0 amide bonds. The Kier molecular flexibility index (Phi) is 7.71. The number of rotatable bonds is 6. The number of aryl methyl sites for hydroxylation is 1. The molecule has 0 saturated heterocycles. The van der Waals surface area contributed by atoms with Gasteiger partial charge in [0.05, 0.1) is 0 Å². The van der Waals surface area contributed by atoms with E-state index in [2.05, 4.69) is 195 Å². The van der Waals surface area contributed by atoms with Crippen molar-refractivity contribution in [2.45, 2.75) is 32.1 Å². The highest BCUT2D eigenvalue weighted by molar-refractivity contribution is 6.10. The first kappa shape index (κ1) is 34.7. The standard InChI is InChI=1S/C57H41NO2/c1-57(2)50-20-9-6-15-44(50)45-32-31-41(35-51(45)57)58(40-29-25-37(26-30-40)43-18-12-19-48-46-16-7-10-21-52(46)59-55(43)48)39-27-23-36(24-28-39)42-33-34-49-47-17-8-11-22-53(47)60-56(49)54(42)38-13-4-3-5-14-38/h3-10,12-21,23-35H,11,22H2,1-2H3. The third kappa shape index (κ3) is 5.29. The van der Waals surface area contributed by atoms with Crippen molar-refractivity contribution in [3.05, 3.63) is 204 Å². The van der Waals surface area contributed by atoms with Gasteiger partial charge in [0.25, 0.3) is 0 Å². The molecular formula is C57H41NO2. The van der Waals surface area contributed by atoms with E-state index in [1.54, 1.807) is 0 Å². The van der Waals surface area contributed by atoms with Gasteiger partial charge in [-0.15, -0.1) is 0 Å². The van der Waals surface area contributed by atoms with E-state index in [4.69, 9.17) is 8.83 Å². The van der Waals surface area contributed by atoms with E-state index >= 15 is 0 Å². The highest BCUT2D eigenvalue weighted by Crippen LogP contribution is 2.51. The van der Waals surface area contributed by atoms with Gasteiger partial charge >= 0.3 is 0 Å². The first-order valence-electron chi connectivity index (χ1n) is 21.0. The lowest BCUT2D eigenvalue weighted by atomic mass is 9.82. The monoisotopic (exact) mass is 771 g/mol. The van der Waals surface area contributed by atoms with Crippen molar-refractivity contribution in [2.24, 2.45) is 0 Å². The lowest BCUT2D eigenvalue weighted by molar-refractivity contribution is 0.547. The Hall–Kier alpha value is -7.36. The van der Waals surface area contributed by atoms with Gasteiger partial charge in [0.2, 0.25) is 0 Å². The zero-order chi connectivity index (χ0) is 40.0. The van der Waals surface area contributed by atoms with Crippen LogP contribution in [0.2, 0.25) is 0 Å². The number of fused-ring (bicyclic) bond motifs is 9. The average Bonchev–Trinajstić information content (AvgIpc) is 3.95. The fourth-order valence-electron chi connectivity index (χ4n) is 9.98. The number of hydrogen-bond donors (Lipinski definition) is 0. The summed E-state index contributed by atoms with van der Waals surface area (Å²) < 4.78 is 13.2. The minimum absolute atomic E-state index is 0.125. The molecule has 0 aliphatic heterocycles. The van der Waals surface area contributed by atoms with Crippen LogP contribution in [0.5, 0.6) is 0 Å². The van der Waals surface area contributed by atoms with Crippen molar-refractivity contribution in [1.29, 1.82) is 0 Å². The zero-order valence-electron chi connectivity index (χ0n) is 33.6. The Morgan fingerprint density at radius 1 is 0.467 bits per heavy atom. The molecule has 0 bridgehead atoms. The molecule has 2 aromatic heterocycles. The second kappa shape index (κ2) is 13.3. The van der Waals surface area contributed by atoms with Crippen LogP contribution in [0.3, 0.4) is 0 Å². The summed E-state index contributed by atoms with van der Waals surface area (Å²) in [4.78, 5) is 2.39. The molecular weight excluding hydrogens is 731 g/mol. The van der Waals surface area contributed by atoms with Gasteiger partial charge in [0, 0.05) is 61.7 Å². The topological polar surface area (TPSA) is 29.5 Å². The number of benzene rings is 8. The van der Waals surface area contributed by atoms with Crippen LogP contribution in [0.25, 0.3) is 83.5 Å². The Morgan fingerprint density at radius 2 is 1.12 bits per heavy atom. The second-order valence-corrected chi connectivity index (χ2v) is 16.7. The number of hydrogen-bond acceptors (Lipinski definition) is 3. The Labute approximate surface area is 349 Å². The number of nitrogens with zero attached hydrogens (tertiary/aromatic N) is 1. The molecule has 3 heteroatoms. The van der Waals surface area contributed by atoms with E-state index < -0.39 is 0 Å². The van der Waals surface area contributed by atoms with Crippen LogP contribution in [0.15, 0.2) is 191 Å². The van der Waals surface area contributed by atoms with Gasteiger partial charge in [-0.1, -0.05) is 153 Å². The minimum Gasteiger partial charge on any atom is -0.460 e. The highest BCUT2D eigenvalue weighted by atomic mass is 16.3. The summed E-state index contributed by atoms with van der Waals surface area (Å²) in [6.07, 6.45) is 6.42. The summed E-state index contributed by atoms with van der Waals surface area (Å²) >= 11 is 0. The summed E-state index contributed by atoms with van der Waals surface area (Å²) in [5.41, 5.74) is 19.3. The number of anilines is 3. The molecule has 8 aromatic carbocycles. The molecule has 10 aromatic rings. The molecule has 286 valence electrons. The first-order chi connectivity index (χ1) is 29.5. The Bertz CT molecular complexity index is 3330. The second-order valence-electron chi connectivity index (χ2n) is 16.7. The SMILES string of the molecule is CC1(C)c2ccccc2-c2ccc(N(c3ccc(-c4ccc5c6c(oc5c4-c4ccccc4)CCC=C6)cc3)c3ccc(-c4cccc5c4oc4ccccc45)cc3)cc21. The molecule has 0 saturated carbocycles. The van der Waals surface area contributed by atoms with Gasteiger partial charge in [-0.25, -0.2) is 0 Å². The molecule has 0 fully saturated rings. The van der Waals surface area contributed by atoms with Crippen molar-refractivity contribution < 1.29 is 8.83 Å². The van der Waals surface area contributed by atoms with Gasteiger partial charge in [0.15, 0.2) is 0 Å². The predicted octanol–water partition coefficient (Wildman–Crippen LogP) is 16.1.